The molecule has 3 rings (SSSR count). The lowest BCUT2D eigenvalue weighted by atomic mass is 10.2. The first kappa shape index (κ1) is 9.59. The SMILES string of the molecule is CNc1nc(-c2cn[nH]n2)nc2c1CSC2. The standard InChI is InChI=1S/C9H10N6S/c1-10-8-5-3-16-4-7(5)12-9(13-8)6-2-11-15-14-6/h2H,3-4H2,1H3,(H,10,12,13)(H,11,14,15). The average Bonchev–Trinajstić information content (AvgIpc) is 2.97. The van der Waals surface area contributed by atoms with Crippen molar-refractivity contribution in [1.82, 2.24) is 25.4 Å². The first-order chi connectivity index (χ1) is 7.88. The number of fused-ring (bicyclic) bond motifs is 1. The summed E-state index contributed by atoms with van der Waals surface area (Å²) in [6.45, 7) is 0. The van der Waals surface area contributed by atoms with E-state index >= 15 is 0 Å². The van der Waals surface area contributed by atoms with Crippen molar-refractivity contribution in [2.24, 2.45) is 0 Å². The van der Waals surface area contributed by atoms with Gasteiger partial charge in [-0.15, -0.1) is 0 Å². The van der Waals surface area contributed by atoms with E-state index in [1.54, 1.807) is 6.20 Å². The lowest BCUT2D eigenvalue weighted by molar-refractivity contribution is 0.936. The van der Waals surface area contributed by atoms with E-state index in [2.05, 4.69) is 30.7 Å². The van der Waals surface area contributed by atoms with Gasteiger partial charge in [-0.1, -0.05) is 0 Å². The molecule has 0 fully saturated rings. The molecule has 2 aromatic rings. The molecule has 6 nitrogen and oxygen atoms in total. The van der Waals surface area contributed by atoms with E-state index in [9.17, 15) is 0 Å². The van der Waals surface area contributed by atoms with Gasteiger partial charge in [-0.05, 0) is 0 Å². The third kappa shape index (κ3) is 1.44. The third-order valence-corrected chi connectivity index (χ3v) is 3.43. The molecule has 7 heteroatoms. The monoisotopic (exact) mass is 234 g/mol. The highest BCUT2D eigenvalue weighted by Gasteiger charge is 2.20. The Morgan fingerprint density at radius 3 is 3.06 bits per heavy atom. The van der Waals surface area contributed by atoms with Crippen LogP contribution in [0.5, 0.6) is 0 Å². The molecule has 0 saturated carbocycles. The number of rotatable bonds is 2. The number of nitrogens with zero attached hydrogens (tertiary/aromatic N) is 4. The summed E-state index contributed by atoms with van der Waals surface area (Å²) in [6.07, 6.45) is 1.63. The molecule has 0 aliphatic carbocycles. The molecule has 0 atom stereocenters. The zero-order valence-corrected chi connectivity index (χ0v) is 9.51. The predicted molar refractivity (Wildman–Crippen MR) is 62.0 cm³/mol. The molecule has 0 bridgehead atoms. The second kappa shape index (κ2) is 3.75. The minimum Gasteiger partial charge on any atom is -0.373 e. The summed E-state index contributed by atoms with van der Waals surface area (Å²) in [5.41, 5.74) is 2.98. The van der Waals surface area contributed by atoms with Gasteiger partial charge >= 0.3 is 0 Å². The highest BCUT2D eigenvalue weighted by atomic mass is 32.2. The molecule has 2 aromatic heterocycles. The molecule has 2 N–H and O–H groups in total. The lowest BCUT2D eigenvalue weighted by Crippen LogP contribution is -2.03. The van der Waals surface area contributed by atoms with E-state index in [4.69, 9.17) is 0 Å². The van der Waals surface area contributed by atoms with Gasteiger partial charge in [-0.2, -0.15) is 27.2 Å². The maximum Gasteiger partial charge on any atom is 0.184 e. The number of aromatic amines is 1. The molecule has 3 heterocycles. The molecule has 0 unspecified atom stereocenters. The second-order valence-corrected chi connectivity index (χ2v) is 4.40. The Labute approximate surface area is 96.3 Å². The largest absolute Gasteiger partial charge is 0.373 e. The fourth-order valence-electron chi connectivity index (χ4n) is 1.68. The molecule has 1 aliphatic heterocycles. The van der Waals surface area contributed by atoms with Gasteiger partial charge in [0.15, 0.2) is 5.82 Å². The molecular formula is C9H10N6S. The van der Waals surface area contributed by atoms with Crippen molar-refractivity contribution in [3.63, 3.8) is 0 Å². The Hall–Kier alpha value is -1.63. The van der Waals surface area contributed by atoms with Crippen molar-refractivity contribution < 1.29 is 0 Å². The van der Waals surface area contributed by atoms with Crippen molar-refractivity contribution >= 4 is 17.6 Å². The summed E-state index contributed by atoms with van der Waals surface area (Å²) in [6, 6.07) is 0. The topological polar surface area (TPSA) is 79.4 Å². The summed E-state index contributed by atoms with van der Waals surface area (Å²) < 4.78 is 0. The fraction of sp³-hybridized carbons (Fsp3) is 0.333. The van der Waals surface area contributed by atoms with E-state index in [1.165, 1.54) is 5.56 Å². The predicted octanol–water partition coefficient (Wildman–Crippen LogP) is 1.05. The van der Waals surface area contributed by atoms with Crippen LogP contribution >= 0.6 is 11.8 Å². The fourth-order valence-corrected chi connectivity index (χ4v) is 2.72. The molecular weight excluding hydrogens is 224 g/mol. The Bertz CT molecular complexity index is 509. The smallest absolute Gasteiger partial charge is 0.184 e. The first-order valence-corrected chi connectivity index (χ1v) is 6.05. The van der Waals surface area contributed by atoms with Crippen molar-refractivity contribution in [3.8, 4) is 11.5 Å². The summed E-state index contributed by atoms with van der Waals surface area (Å²) in [5, 5.41) is 13.4. The number of aromatic nitrogens is 5. The second-order valence-electron chi connectivity index (χ2n) is 3.42. The highest BCUT2D eigenvalue weighted by Crippen LogP contribution is 2.33. The minimum absolute atomic E-state index is 0.624. The highest BCUT2D eigenvalue weighted by molar-refractivity contribution is 7.98. The van der Waals surface area contributed by atoms with Crippen molar-refractivity contribution in [2.45, 2.75) is 11.5 Å². The summed E-state index contributed by atoms with van der Waals surface area (Å²) in [7, 11) is 1.87. The number of hydrogen-bond acceptors (Lipinski definition) is 6. The van der Waals surface area contributed by atoms with Crippen LogP contribution in [0.3, 0.4) is 0 Å². The van der Waals surface area contributed by atoms with Crippen molar-refractivity contribution in [1.29, 1.82) is 0 Å². The third-order valence-electron chi connectivity index (χ3n) is 2.46. The number of H-pyrrole nitrogens is 1. The molecule has 0 saturated heterocycles. The zero-order chi connectivity index (χ0) is 11.0. The molecule has 82 valence electrons. The van der Waals surface area contributed by atoms with Crippen LogP contribution in [0.15, 0.2) is 6.20 Å². The molecule has 0 radical (unpaired) electrons. The Morgan fingerprint density at radius 1 is 1.38 bits per heavy atom. The number of nitrogens with one attached hydrogen (secondary N) is 2. The van der Waals surface area contributed by atoms with Crippen LogP contribution in [-0.4, -0.2) is 32.4 Å². The molecule has 1 aliphatic rings. The van der Waals surface area contributed by atoms with Crippen molar-refractivity contribution in [3.05, 3.63) is 17.5 Å². The Balaban J connectivity index is 2.15. The van der Waals surface area contributed by atoms with Crippen LogP contribution < -0.4 is 5.32 Å². The quantitative estimate of drug-likeness (QED) is 0.808. The maximum absolute atomic E-state index is 4.51. The van der Waals surface area contributed by atoms with E-state index in [1.807, 2.05) is 18.8 Å². The molecule has 16 heavy (non-hydrogen) atoms. The average molecular weight is 234 g/mol. The molecule has 0 spiro atoms. The van der Waals surface area contributed by atoms with Crippen LogP contribution in [0.4, 0.5) is 5.82 Å². The van der Waals surface area contributed by atoms with Gasteiger partial charge in [0.2, 0.25) is 0 Å². The first-order valence-electron chi connectivity index (χ1n) is 4.90. The maximum atomic E-state index is 4.51. The van der Waals surface area contributed by atoms with Gasteiger partial charge in [0.25, 0.3) is 0 Å². The van der Waals surface area contributed by atoms with Gasteiger partial charge in [0, 0.05) is 24.1 Å². The zero-order valence-electron chi connectivity index (χ0n) is 8.69. The van der Waals surface area contributed by atoms with Gasteiger partial charge < -0.3 is 5.32 Å². The van der Waals surface area contributed by atoms with E-state index in [0.29, 0.717) is 11.5 Å². The van der Waals surface area contributed by atoms with Crippen LogP contribution in [0, 0.1) is 0 Å². The van der Waals surface area contributed by atoms with Gasteiger partial charge in [-0.3, -0.25) is 0 Å². The molecule has 0 aromatic carbocycles. The molecule has 0 amide bonds. The van der Waals surface area contributed by atoms with Crippen molar-refractivity contribution in [2.75, 3.05) is 12.4 Å². The summed E-state index contributed by atoms with van der Waals surface area (Å²) in [5.74, 6) is 3.44. The van der Waals surface area contributed by atoms with E-state index in [0.717, 1.165) is 23.0 Å². The van der Waals surface area contributed by atoms with E-state index < -0.39 is 0 Å². The lowest BCUT2D eigenvalue weighted by Gasteiger charge is -2.07. The summed E-state index contributed by atoms with van der Waals surface area (Å²) >= 11 is 1.85. The van der Waals surface area contributed by atoms with Crippen LogP contribution in [0.2, 0.25) is 0 Å². The van der Waals surface area contributed by atoms with E-state index in [-0.39, 0.29) is 0 Å². The van der Waals surface area contributed by atoms with Crippen LogP contribution in [-0.2, 0) is 11.5 Å². The van der Waals surface area contributed by atoms with Gasteiger partial charge in [0.05, 0.1) is 11.9 Å². The van der Waals surface area contributed by atoms with Crippen LogP contribution in [0.1, 0.15) is 11.3 Å². The van der Waals surface area contributed by atoms with Crippen LogP contribution in [0.25, 0.3) is 11.5 Å². The van der Waals surface area contributed by atoms with Gasteiger partial charge in [-0.25, -0.2) is 9.97 Å². The number of thioether (sulfide) groups is 1. The summed E-state index contributed by atoms with van der Waals surface area (Å²) in [4.78, 5) is 8.96. The van der Waals surface area contributed by atoms with Gasteiger partial charge in [0.1, 0.15) is 11.5 Å². The number of anilines is 1. The Kier molecular flexibility index (Phi) is 2.24. The Morgan fingerprint density at radius 2 is 2.31 bits per heavy atom. The normalized spacial score (nSPS) is 13.8. The minimum atomic E-state index is 0.624. The number of hydrogen-bond donors (Lipinski definition) is 2.